The van der Waals surface area contributed by atoms with E-state index in [9.17, 15) is 13.2 Å². The molecule has 0 aliphatic heterocycles. The van der Waals surface area contributed by atoms with Gasteiger partial charge >= 0.3 is 0 Å². The van der Waals surface area contributed by atoms with E-state index in [-0.39, 0.29) is 11.6 Å². The van der Waals surface area contributed by atoms with Crippen LogP contribution >= 0.6 is 0 Å². The quantitative estimate of drug-likeness (QED) is 0.532. The largest absolute Gasteiger partial charge is 0.493 e. The molecule has 2 aromatic carbocycles. The fourth-order valence-corrected chi connectivity index (χ4v) is 3.53. The van der Waals surface area contributed by atoms with Crippen molar-refractivity contribution in [3.8, 4) is 17.0 Å². The van der Waals surface area contributed by atoms with Gasteiger partial charge in [-0.1, -0.05) is 48.5 Å². The van der Waals surface area contributed by atoms with E-state index in [1.54, 1.807) is 6.07 Å². The number of H-pyrrole nitrogens is 1. The van der Waals surface area contributed by atoms with Crippen molar-refractivity contribution in [2.75, 3.05) is 12.9 Å². The summed E-state index contributed by atoms with van der Waals surface area (Å²) < 4.78 is 28.8. The van der Waals surface area contributed by atoms with Crippen LogP contribution in [0.4, 0.5) is 0 Å². The minimum atomic E-state index is -3.32. The Labute approximate surface area is 182 Å². The number of carbonyl (C=O) groups excluding carboxylic acids is 1. The summed E-state index contributed by atoms with van der Waals surface area (Å²) in [5.41, 5.74) is 2.60. The van der Waals surface area contributed by atoms with E-state index in [0.717, 1.165) is 22.8 Å². The molecule has 1 heterocycles. The summed E-state index contributed by atoms with van der Waals surface area (Å²) in [6.07, 6.45) is 3.05. The van der Waals surface area contributed by atoms with Crippen LogP contribution in [0.5, 0.6) is 5.75 Å². The number of amides is 1. The lowest BCUT2D eigenvalue weighted by molar-refractivity contribution is 0.0939. The van der Waals surface area contributed by atoms with Gasteiger partial charge < -0.3 is 10.1 Å². The van der Waals surface area contributed by atoms with Gasteiger partial charge in [-0.05, 0) is 37.1 Å². The molecule has 0 saturated heterocycles. The molecule has 0 fully saturated rings. The van der Waals surface area contributed by atoms with Crippen LogP contribution < -0.4 is 10.1 Å². The van der Waals surface area contributed by atoms with Gasteiger partial charge in [0.2, 0.25) is 0 Å². The Kier molecular flexibility index (Phi) is 7.25. The molecule has 1 aromatic heterocycles. The number of nitrogens with zero attached hydrogens (tertiary/aromatic N) is 1. The van der Waals surface area contributed by atoms with Crippen LogP contribution in [0, 0.1) is 0 Å². The van der Waals surface area contributed by atoms with E-state index in [1.807, 2.05) is 61.5 Å². The number of hydrogen-bond acceptors (Lipinski definition) is 5. The van der Waals surface area contributed by atoms with Crippen LogP contribution in [-0.2, 0) is 16.3 Å². The summed E-state index contributed by atoms with van der Waals surface area (Å²) in [6.45, 7) is 2.42. The number of benzene rings is 2. The van der Waals surface area contributed by atoms with E-state index in [0.29, 0.717) is 24.5 Å². The number of rotatable bonds is 9. The number of aromatic nitrogens is 2. The lowest BCUT2D eigenvalue weighted by Crippen LogP contribution is -2.35. The maximum Gasteiger partial charge on any atom is 0.269 e. The van der Waals surface area contributed by atoms with E-state index >= 15 is 0 Å². The second kappa shape index (κ2) is 10.1. The second-order valence-electron chi connectivity index (χ2n) is 7.02. The fraction of sp³-hybridized carbons (Fsp3) is 0.217. The van der Waals surface area contributed by atoms with E-state index in [4.69, 9.17) is 4.74 Å². The molecule has 1 unspecified atom stereocenters. The predicted octanol–water partition coefficient (Wildman–Crippen LogP) is 3.37. The van der Waals surface area contributed by atoms with Crippen molar-refractivity contribution in [1.82, 2.24) is 15.5 Å². The lowest BCUT2D eigenvalue weighted by Gasteiger charge is -2.14. The molecular weight excluding hydrogens is 414 g/mol. The van der Waals surface area contributed by atoms with Crippen molar-refractivity contribution < 1.29 is 17.9 Å². The minimum Gasteiger partial charge on any atom is -0.493 e. The lowest BCUT2D eigenvalue weighted by atomic mass is 10.1. The average Bonchev–Trinajstić information content (AvgIpc) is 3.23. The van der Waals surface area contributed by atoms with Gasteiger partial charge in [-0.2, -0.15) is 5.10 Å². The molecule has 8 heteroatoms. The van der Waals surface area contributed by atoms with E-state index in [1.165, 1.54) is 6.08 Å². The number of nitrogens with one attached hydrogen (secondary N) is 2. The number of aromatic amines is 1. The highest BCUT2D eigenvalue weighted by Gasteiger charge is 2.17. The SMILES string of the molecule is CCOc1ccccc1-c1cc(C(=O)NC(/C=C/S(C)(=O)=O)Cc2ccccc2)[nH]n1. The minimum absolute atomic E-state index is 0.270. The van der Waals surface area contributed by atoms with Gasteiger partial charge in [0.25, 0.3) is 5.91 Å². The Morgan fingerprint density at radius 2 is 1.87 bits per heavy atom. The zero-order valence-electron chi connectivity index (χ0n) is 17.4. The first-order chi connectivity index (χ1) is 14.9. The third-order valence-corrected chi connectivity index (χ3v) is 5.11. The molecule has 31 heavy (non-hydrogen) atoms. The van der Waals surface area contributed by atoms with Crippen molar-refractivity contribution >= 4 is 15.7 Å². The molecule has 7 nitrogen and oxygen atoms in total. The Morgan fingerprint density at radius 1 is 1.16 bits per heavy atom. The molecule has 0 bridgehead atoms. The van der Waals surface area contributed by atoms with Crippen molar-refractivity contribution in [1.29, 1.82) is 0 Å². The van der Waals surface area contributed by atoms with Crippen molar-refractivity contribution in [3.05, 3.63) is 83.4 Å². The van der Waals surface area contributed by atoms with Gasteiger partial charge in [0, 0.05) is 17.2 Å². The molecule has 0 saturated carbocycles. The van der Waals surface area contributed by atoms with Crippen molar-refractivity contribution in [2.24, 2.45) is 0 Å². The first kappa shape index (κ1) is 22.3. The zero-order valence-corrected chi connectivity index (χ0v) is 18.2. The highest BCUT2D eigenvalue weighted by atomic mass is 32.2. The molecule has 0 radical (unpaired) electrons. The molecule has 3 aromatic rings. The van der Waals surface area contributed by atoms with Crippen LogP contribution in [0.25, 0.3) is 11.3 Å². The highest BCUT2D eigenvalue weighted by Crippen LogP contribution is 2.28. The first-order valence-electron chi connectivity index (χ1n) is 9.86. The van der Waals surface area contributed by atoms with Gasteiger partial charge in [-0.15, -0.1) is 0 Å². The van der Waals surface area contributed by atoms with Crippen LogP contribution in [-0.4, -0.2) is 43.4 Å². The van der Waals surface area contributed by atoms with Gasteiger partial charge in [-0.3, -0.25) is 9.89 Å². The van der Waals surface area contributed by atoms with E-state index < -0.39 is 15.9 Å². The Balaban J connectivity index is 1.80. The topological polar surface area (TPSA) is 101 Å². The Morgan fingerprint density at radius 3 is 2.58 bits per heavy atom. The third-order valence-electron chi connectivity index (χ3n) is 4.46. The Bertz CT molecular complexity index is 1150. The zero-order chi connectivity index (χ0) is 22.3. The van der Waals surface area contributed by atoms with Crippen LogP contribution in [0.1, 0.15) is 23.0 Å². The van der Waals surface area contributed by atoms with Crippen molar-refractivity contribution in [3.63, 3.8) is 0 Å². The third kappa shape index (κ3) is 6.55. The molecule has 162 valence electrons. The highest BCUT2D eigenvalue weighted by molar-refractivity contribution is 7.93. The van der Waals surface area contributed by atoms with Crippen molar-refractivity contribution in [2.45, 2.75) is 19.4 Å². The van der Waals surface area contributed by atoms with Crippen LogP contribution in [0.3, 0.4) is 0 Å². The van der Waals surface area contributed by atoms with E-state index in [2.05, 4.69) is 15.5 Å². The summed E-state index contributed by atoms with van der Waals surface area (Å²) >= 11 is 0. The van der Waals surface area contributed by atoms with Crippen LogP contribution in [0.2, 0.25) is 0 Å². The summed E-state index contributed by atoms with van der Waals surface area (Å²) in [5, 5.41) is 11.0. The predicted molar refractivity (Wildman–Crippen MR) is 121 cm³/mol. The number of carbonyl (C=O) groups is 1. The molecule has 1 amide bonds. The second-order valence-corrected chi connectivity index (χ2v) is 8.95. The summed E-state index contributed by atoms with van der Waals surface area (Å²) in [6, 6.07) is 18.1. The van der Waals surface area contributed by atoms with Gasteiger partial charge in [0.1, 0.15) is 11.4 Å². The molecule has 0 spiro atoms. The molecule has 0 aliphatic rings. The molecule has 1 atom stereocenters. The molecule has 3 rings (SSSR count). The normalized spacial score (nSPS) is 12.6. The molecular formula is C23H25N3O4S. The Hall–Kier alpha value is -3.39. The maximum absolute atomic E-state index is 12.8. The summed E-state index contributed by atoms with van der Waals surface area (Å²) in [4.78, 5) is 12.8. The van der Waals surface area contributed by atoms with Crippen LogP contribution in [0.15, 0.2) is 72.1 Å². The number of para-hydroxylation sites is 1. The van der Waals surface area contributed by atoms with Gasteiger partial charge in [-0.25, -0.2) is 8.42 Å². The number of sulfone groups is 1. The number of hydrogen-bond donors (Lipinski definition) is 2. The fourth-order valence-electron chi connectivity index (χ4n) is 3.05. The first-order valence-corrected chi connectivity index (χ1v) is 11.8. The number of ether oxygens (including phenoxy) is 1. The summed E-state index contributed by atoms with van der Waals surface area (Å²) in [7, 11) is -3.32. The smallest absolute Gasteiger partial charge is 0.269 e. The monoisotopic (exact) mass is 439 g/mol. The van der Waals surface area contributed by atoms with Gasteiger partial charge in [0.15, 0.2) is 9.84 Å². The maximum atomic E-state index is 12.8. The average molecular weight is 440 g/mol. The molecule has 0 aliphatic carbocycles. The van der Waals surface area contributed by atoms with Gasteiger partial charge in [0.05, 0.1) is 18.3 Å². The molecule has 2 N–H and O–H groups in total. The standard InChI is InChI=1S/C23H25N3O4S/c1-3-30-22-12-8-7-11-19(22)20-16-21(26-25-20)23(27)24-18(13-14-31(2,28)29)15-17-9-5-4-6-10-17/h4-14,16,18H,3,15H2,1-2H3,(H,24,27)(H,25,26)/b14-13+. The summed E-state index contributed by atoms with van der Waals surface area (Å²) in [5.74, 6) is 0.299.